The molecule has 0 aliphatic carbocycles. The van der Waals surface area contributed by atoms with Crippen LogP contribution in [0, 0.1) is 5.92 Å². The van der Waals surface area contributed by atoms with Crippen molar-refractivity contribution in [1.29, 1.82) is 0 Å². The molecule has 168 valence electrons. The van der Waals surface area contributed by atoms with Crippen molar-refractivity contribution in [1.82, 2.24) is 10.2 Å². The Bertz CT molecular complexity index is 844. The first-order valence-corrected chi connectivity index (χ1v) is 10.7. The number of rotatable bonds is 8. The van der Waals surface area contributed by atoms with E-state index in [-0.39, 0.29) is 29.9 Å². The Kier molecular flexibility index (Phi) is 10.8. The first kappa shape index (κ1) is 25.1. The number of hydrogen-bond acceptors (Lipinski definition) is 3. The van der Waals surface area contributed by atoms with Crippen molar-refractivity contribution in [2.24, 2.45) is 10.9 Å². The van der Waals surface area contributed by atoms with E-state index in [1.807, 2.05) is 42.5 Å². The van der Waals surface area contributed by atoms with E-state index in [4.69, 9.17) is 9.73 Å². The molecule has 2 N–H and O–H groups in total. The average Bonchev–Trinajstić information content (AvgIpc) is 3.20. The molecule has 7 heteroatoms. The Hall–Kier alpha value is -2.13. The Morgan fingerprint density at radius 3 is 2.68 bits per heavy atom. The zero-order chi connectivity index (χ0) is 21.2. The highest BCUT2D eigenvalue weighted by Crippen LogP contribution is 2.18. The molecule has 1 atom stereocenters. The lowest BCUT2D eigenvalue weighted by atomic mass is 10.1. The van der Waals surface area contributed by atoms with Gasteiger partial charge in [0, 0.05) is 38.2 Å². The second-order valence-electron chi connectivity index (χ2n) is 7.65. The van der Waals surface area contributed by atoms with Gasteiger partial charge in [-0.25, -0.2) is 4.99 Å². The van der Waals surface area contributed by atoms with E-state index in [9.17, 15) is 4.79 Å². The van der Waals surface area contributed by atoms with Crippen LogP contribution in [-0.4, -0.2) is 43.0 Å². The van der Waals surface area contributed by atoms with Gasteiger partial charge in [-0.05, 0) is 36.6 Å². The van der Waals surface area contributed by atoms with E-state index in [1.54, 1.807) is 0 Å². The summed E-state index contributed by atoms with van der Waals surface area (Å²) < 4.78 is 5.94. The minimum atomic E-state index is -0.0680. The van der Waals surface area contributed by atoms with Crippen LogP contribution in [0.3, 0.4) is 0 Å². The van der Waals surface area contributed by atoms with Crippen molar-refractivity contribution in [3.05, 3.63) is 65.7 Å². The molecule has 1 aliphatic heterocycles. The topological polar surface area (TPSA) is 66.0 Å². The summed E-state index contributed by atoms with van der Waals surface area (Å²) in [6, 6.07) is 18.1. The summed E-state index contributed by atoms with van der Waals surface area (Å²) in [6.07, 6.45) is 1.11. The molecule has 0 bridgehead atoms. The van der Waals surface area contributed by atoms with Crippen molar-refractivity contribution >= 4 is 41.5 Å². The number of guanidine groups is 1. The maximum atomic E-state index is 11.3. The van der Waals surface area contributed by atoms with Crippen molar-refractivity contribution in [3.63, 3.8) is 0 Å². The molecule has 6 nitrogen and oxygen atoms in total. The lowest BCUT2D eigenvalue weighted by Crippen LogP contribution is -2.40. The van der Waals surface area contributed by atoms with Crippen molar-refractivity contribution < 1.29 is 9.53 Å². The number of carbonyl (C=O) groups excluding carboxylic acids is 1. The molecule has 0 radical (unpaired) electrons. The predicted octanol–water partition coefficient (Wildman–Crippen LogP) is 4.27. The molecule has 1 fully saturated rings. The molecule has 3 rings (SSSR count). The number of ether oxygens (including phenoxy) is 1. The molecule has 0 saturated carbocycles. The third-order valence-corrected chi connectivity index (χ3v) is 5.04. The number of nitrogens with zero attached hydrogens (tertiary/aromatic N) is 2. The Labute approximate surface area is 202 Å². The van der Waals surface area contributed by atoms with Gasteiger partial charge in [0.15, 0.2) is 5.96 Å². The zero-order valence-electron chi connectivity index (χ0n) is 18.3. The van der Waals surface area contributed by atoms with Crippen molar-refractivity contribution in [2.75, 3.05) is 31.6 Å². The quantitative estimate of drug-likeness (QED) is 0.301. The first-order chi connectivity index (χ1) is 14.6. The number of nitrogens with one attached hydrogen (secondary N) is 2. The standard InChI is InChI=1S/C24H32N4O2.HI/c1-3-25-24(26-15-21-10-7-11-23(14-21)27-19(2)29)28-13-12-22(16-28)18-30-17-20-8-5-4-6-9-20;/h4-11,14,22H,3,12-13,15-18H2,1-2H3,(H,25,26)(H,27,29);1H. The summed E-state index contributed by atoms with van der Waals surface area (Å²) in [7, 11) is 0. The van der Waals surface area contributed by atoms with Gasteiger partial charge in [-0.2, -0.15) is 0 Å². The van der Waals surface area contributed by atoms with Gasteiger partial charge in [0.25, 0.3) is 0 Å². The van der Waals surface area contributed by atoms with Crippen molar-refractivity contribution in [2.45, 2.75) is 33.4 Å². The molecule has 1 amide bonds. The fourth-order valence-corrected chi connectivity index (χ4v) is 3.62. The fraction of sp³-hybridized carbons (Fsp3) is 0.417. The number of halogens is 1. The monoisotopic (exact) mass is 536 g/mol. The number of amides is 1. The Morgan fingerprint density at radius 2 is 1.94 bits per heavy atom. The minimum absolute atomic E-state index is 0. The van der Waals surface area contributed by atoms with E-state index >= 15 is 0 Å². The number of likely N-dealkylation sites (tertiary alicyclic amines) is 1. The van der Waals surface area contributed by atoms with E-state index < -0.39 is 0 Å². The summed E-state index contributed by atoms with van der Waals surface area (Å²) in [5.41, 5.74) is 3.08. The minimum Gasteiger partial charge on any atom is -0.376 e. The molecule has 1 heterocycles. The van der Waals surface area contributed by atoms with Crippen LogP contribution in [0.2, 0.25) is 0 Å². The van der Waals surface area contributed by atoms with Crippen LogP contribution in [0.25, 0.3) is 0 Å². The second kappa shape index (κ2) is 13.3. The van der Waals surface area contributed by atoms with Gasteiger partial charge < -0.3 is 20.3 Å². The molecule has 31 heavy (non-hydrogen) atoms. The molecule has 1 saturated heterocycles. The molecule has 1 unspecified atom stereocenters. The van der Waals surface area contributed by atoms with Gasteiger partial charge >= 0.3 is 0 Å². The van der Waals surface area contributed by atoms with Crippen LogP contribution in [-0.2, 0) is 22.7 Å². The highest BCUT2D eigenvalue weighted by atomic mass is 127. The highest BCUT2D eigenvalue weighted by molar-refractivity contribution is 14.0. The van der Waals surface area contributed by atoms with Gasteiger partial charge in [-0.1, -0.05) is 42.5 Å². The Morgan fingerprint density at radius 1 is 1.16 bits per heavy atom. The predicted molar refractivity (Wildman–Crippen MR) is 137 cm³/mol. The maximum Gasteiger partial charge on any atom is 0.221 e. The second-order valence-corrected chi connectivity index (χ2v) is 7.65. The summed E-state index contributed by atoms with van der Waals surface area (Å²) in [4.78, 5) is 18.4. The molecule has 2 aromatic rings. The summed E-state index contributed by atoms with van der Waals surface area (Å²) in [5, 5.41) is 6.23. The first-order valence-electron chi connectivity index (χ1n) is 10.7. The largest absolute Gasteiger partial charge is 0.376 e. The zero-order valence-corrected chi connectivity index (χ0v) is 20.7. The van der Waals surface area contributed by atoms with Gasteiger partial charge in [-0.3, -0.25) is 4.79 Å². The van der Waals surface area contributed by atoms with Gasteiger partial charge in [0.2, 0.25) is 5.91 Å². The maximum absolute atomic E-state index is 11.3. The van der Waals surface area contributed by atoms with Crippen LogP contribution in [0.15, 0.2) is 59.6 Å². The molecule has 1 aliphatic rings. The molecular weight excluding hydrogens is 503 g/mol. The third-order valence-electron chi connectivity index (χ3n) is 5.04. The van der Waals surface area contributed by atoms with Crippen LogP contribution in [0.4, 0.5) is 5.69 Å². The lowest BCUT2D eigenvalue weighted by Gasteiger charge is -2.21. The SMILES string of the molecule is CCNC(=NCc1cccc(NC(C)=O)c1)N1CCC(COCc2ccccc2)C1.I. The van der Waals surface area contributed by atoms with E-state index in [0.29, 0.717) is 19.1 Å². The van der Waals surface area contributed by atoms with E-state index in [0.717, 1.165) is 49.9 Å². The summed E-state index contributed by atoms with van der Waals surface area (Å²) >= 11 is 0. The van der Waals surface area contributed by atoms with Gasteiger partial charge in [-0.15, -0.1) is 24.0 Å². The number of aliphatic imine (C=N–C) groups is 1. The molecule has 0 spiro atoms. The van der Waals surface area contributed by atoms with Crippen LogP contribution in [0.5, 0.6) is 0 Å². The van der Waals surface area contributed by atoms with E-state index in [2.05, 4.69) is 34.6 Å². The van der Waals surface area contributed by atoms with Crippen LogP contribution >= 0.6 is 24.0 Å². The summed E-state index contributed by atoms with van der Waals surface area (Å²) in [6.45, 7) is 8.37. The average molecular weight is 536 g/mol. The lowest BCUT2D eigenvalue weighted by molar-refractivity contribution is -0.114. The Balaban J connectivity index is 0.00000341. The molecule has 0 aromatic heterocycles. The van der Waals surface area contributed by atoms with Crippen LogP contribution in [0.1, 0.15) is 31.4 Å². The normalized spacial score (nSPS) is 16.0. The smallest absolute Gasteiger partial charge is 0.221 e. The third kappa shape index (κ3) is 8.49. The van der Waals surface area contributed by atoms with Crippen molar-refractivity contribution in [3.8, 4) is 0 Å². The van der Waals surface area contributed by atoms with Gasteiger partial charge in [0.1, 0.15) is 0 Å². The number of benzene rings is 2. The fourth-order valence-electron chi connectivity index (χ4n) is 3.62. The number of anilines is 1. The van der Waals surface area contributed by atoms with Crippen LogP contribution < -0.4 is 10.6 Å². The number of hydrogen-bond donors (Lipinski definition) is 2. The van der Waals surface area contributed by atoms with E-state index in [1.165, 1.54) is 12.5 Å². The van der Waals surface area contributed by atoms with Gasteiger partial charge in [0.05, 0.1) is 19.8 Å². The number of carbonyl (C=O) groups is 1. The highest BCUT2D eigenvalue weighted by Gasteiger charge is 2.25. The molecule has 2 aromatic carbocycles. The molecular formula is C24H33IN4O2. The summed E-state index contributed by atoms with van der Waals surface area (Å²) in [5.74, 6) is 1.38.